The lowest BCUT2D eigenvalue weighted by atomic mass is 10.1. The molecule has 0 N–H and O–H groups in total. The fourth-order valence-corrected chi connectivity index (χ4v) is 2.77. The Kier molecular flexibility index (Phi) is 5.02. The van der Waals surface area contributed by atoms with Crippen molar-refractivity contribution in [1.29, 1.82) is 0 Å². The second-order valence-corrected chi connectivity index (χ2v) is 6.47. The molecule has 0 fully saturated rings. The van der Waals surface area contributed by atoms with E-state index in [0.29, 0.717) is 5.56 Å². The predicted octanol–water partition coefficient (Wildman–Crippen LogP) is 3.17. The van der Waals surface area contributed by atoms with E-state index in [0.717, 1.165) is 16.9 Å². The summed E-state index contributed by atoms with van der Waals surface area (Å²) < 4.78 is 1.70. The van der Waals surface area contributed by atoms with E-state index in [4.69, 9.17) is 0 Å². The molecule has 0 aliphatic rings. The van der Waals surface area contributed by atoms with Gasteiger partial charge < -0.3 is 9.80 Å². The number of hydrogen-bond acceptors (Lipinski definition) is 4. The van der Waals surface area contributed by atoms with Gasteiger partial charge in [0.1, 0.15) is 12.7 Å². The van der Waals surface area contributed by atoms with Gasteiger partial charge in [0.05, 0.1) is 11.7 Å². The monoisotopic (exact) mass is 349 g/mol. The van der Waals surface area contributed by atoms with E-state index in [1.165, 1.54) is 6.33 Å². The summed E-state index contributed by atoms with van der Waals surface area (Å²) in [6.45, 7) is 2.03. The normalized spacial score (nSPS) is 11.8. The lowest BCUT2D eigenvalue weighted by molar-refractivity contribution is 0.0742. The van der Waals surface area contributed by atoms with Crippen LogP contribution in [0.5, 0.6) is 0 Å². The second kappa shape index (κ2) is 7.39. The van der Waals surface area contributed by atoms with Crippen LogP contribution < -0.4 is 4.90 Å². The minimum absolute atomic E-state index is 0.00144. The summed E-state index contributed by atoms with van der Waals surface area (Å²) >= 11 is 0. The minimum atomic E-state index is -0.0460. The summed E-state index contributed by atoms with van der Waals surface area (Å²) in [7, 11) is 5.76. The van der Waals surface area contributed by atoms with E-state index in [-0.39, 0.29) is 11.9 Å². The van der Waals surface area contributed by atoms with Crippen LogP contribution in [0.2, 0.25) is 0 Å². The summed E-state index contributed by atoms with van der Waals surface area (Å²) in [5, 5.41) is 4.12. The first kappa shape index (κ1) is 17.7. The zero-order valence-electron chi connectivity index (χ0n) is 15.5. The summed E-state index contributed by atoms with van der Waals surface area (Å²) in [5.41, 5.74) is 3.69. The van der Waals surface area contributed by atoms with Crippen molar-refractivity contribution in [3.8, 4) is 5.69 Å². The molecular formula is C20H23N5O. The van der Waals surface area contributed by atoms with Crippen molar-refractivity contribution < 1.29 is 4.79 Å². The van der Waals surface area contributed by atoms with Gasteiger partial charge in [-0.2, -0.15) is 5.10 Å². The summed E-state index contributed by atoms with van der Waals surface area (Å²) in [6, 6.07) is 15.6. The maximum Gasteiger partial charge on any atom is 0.254 e. The first-order valence-corrected chi connectivity index (χ1v) is 8.47. The molecule has 0 radical (unpaired) electrons. The zero-order chi connectivity index (χ0) is 18.7. The van der Waals surface area contributed by atoms with Crippen LogP contribution in [0.25, 0.3) is 5.69 Å². The Balaban J connectivity index is 1.77. The van der Waals surface area contributed by atoms with Crippen molar-refractivity contribution in [2.24, 2.45) is 0 Å². The molecule has 0 aliphatic heterocycles. The molecule has 6 heteroatoms. The van der Waals surface area contributed by atoms with Gasteiger partial charge in [-0.15, -0.1) is 0 Å². The molecule has 26 heavy (non-hydrogen) atoms. The van der Waals surface area contributed by atoms with Crippen LogP contribution in [0.3, 0.4) is 0 Å². The third-order valence-electron chi connectivity index (χ3n) is 4.57. The molecule has 134 valence electrons. The van der Waals surface area contributed by atoms with E-state index in [1.807, 2.05) is 81.5 Å². The molecule has 1 atom stereocenters. The molecule has 0 spiro atoms. The Bertz CT molecular complexity index is 871. The Labute approximate surface area is 153 Å². The fourth-order valence-electron chi connectivity index (χ4n) is 2.77. The fraction of sp³-hybridized carbons (Fsp3) is 0.250. The topological polar surface area (TPSA) is 54.3 Å². The first-order chi connectivity index (χ1) is 12.5. The molecule has 0 bridgehead atoms. The molecule has 3 aromatic rings. The lowest BCUT2D eigenvalue weighted by Crippen LogP contribution is -2.29. The Hall–Kier alpha value is -3.15. The third-order valence-corrected chi connectivity index (χ3v) is 4.57. The van der Waals surface area contributed by atoms with Gasteiger partial charge in [0.2, 0.25) is 0 Å². The average Bonchev–Trinajstić information content (AvgIpc) is 3.21. The van der Waals surface area contributed by atoms with Crippen LogP contribution in [0.4, 0.5) is 5.69 Å². The van der Waals surface area contributed by atoms with Crippen molar-refractivity contribution in [2.75, 3.05) is 26.0 Å². The van der Waals surface area contributed by atoms with Crippen LogP contribution in [-0.4, -0.2) is 46.7 Å². The molecule has 1 amide bonds. The maximum absolute atomic E-state index is 12.9. The van der Waals surface area contributed by atoms with Crippen LogP contribution >= 0.6 is 0 Å². The summed E-state index contributed by atoms with van der Waals surface area (Å²) in [4.78, 5) is 20.6. The molecule has 1 heterocycles. The van der Waals surface area contributed by atoms with Crippen LogP contribution in [-0.2, 0) is 0 Å². The lowest BCUT2D eigenvalue weighted by Gasteiger charge is -2.26. The number of carbonyl (C=O) groups is 1. The standard InChI is InChI=1S/C20H23N5O/c1-15(16-8-10-18(11-9-16)25-14-21-13-22-25)24(4)20(26)17-6-5-7-19(12-17)23(2)3/h5-15H,1-4H3/t15-/m0/s1. The van der Waals surface area contributed by atoms with Gasteiger partial charge in [-0.05, 0) is 42.8 Å². The highest BCUT2D eigenvalue weighted by Gasteiger charge is 2.19. The smallest absolute Gasteiger partial charge is 0.254 e. The molecule has 6 nitrogen and oxygen atoms in total. The second-order valence-electron chi connectivity index (χ2n) is 6.47. The van der Waals surface area contributed by atoms with Crippen LogP contribution in [0.1, 0.15) is 28.9 Å². The predicted molar refractivity (Wildman–Crippen MR) is 103 cm³/mol. The van der Waals surface area contributed by atoms with Crippen molar-refractivity contribution >= 4 is 11.6 Å². The van der Waals surface area contributed by atoms with E-state index >= 15 is 0 Å². The van der Waals surface area contributed by atoms with E-state index in [2.05, 4.69) is 10.1 Å². The van der Waals surface area contributed by atoms with Gasteiger partial charge >= 0.3 is 0 Å². The molecule has 2 aromatic carbocycles. The van der Waals surface area contributed by atoms with Gasteiger partial charge in [0.15, 0.2) is 0 Å². The number of aromatic nitrogens is 3. The summed E-state index contributed by atoms with van der Waals surface area (Å²) in [6.07, 6.45) is 3.16. The molecule has 0 aliphatic carbocycles. The van der Waals surface area contributed by atoms with Gasteiger partial charge in [-0.3, -0.25) is 4.79 Å². The first-order valence-electron chi connectivity index (χ1n) is 8.47. The van der Waals surface area contributed by atoms with Crippen molar-refractivity contribution in [3.63, 3.8) is 0 Å². The number of benzene rings is 2. The van der Waals surface area contributed by atoms with Crippen LogP contribution in [0, 0.1) is 0 Å². The molecule has 0 saturated heterocycles. The van der Waals surface area contributed by atoms with Gasteiger partial charge in [-0.25, -0.2) is 9.67 Å². The third kappa shape index (κ3) is 3.59. The number of anilines is 1. The quantitative estimate of drug-likeness (QED) is 0.710. The molecule has 0 saturated carbocycles. The summed E-state index contributed by atoms with van der Waals surface area (Å²) in [5.74, 6) is 0.00144. The molecule has 0 unspecified atom stereocenters. The highest BCUT2D eigenvalue weighted by molar-refractivity contribution is 5.95. The van der Waals surface area contributed by atoms with E-state index in [1.54, 1.807) is 15.9 Å². The van der Waals surface area contributed by atoms with Crippen molar-refractivity contribution in [1.82, 2.24) is 19.7 Å². The SMILES string of the molecule is C[C@@H](c1ccc(-n2cncn2)cc1)N(C)C(=O)c1cccc(N(C)C)c1. The minimum Gasteiger partial charge on any atom is -0.378 e. The van der Waals surface area contributed by atoms with Crippen molar-refractivity contribution in [3.05, 3.63) is 72.3 Å². The molecule has 3 rings (SSSR count). The zero-order valence-corrected chi connectivity index (χ0v) is 15.5. The highest BCUT2D eigenvalue weighted by atomic mass is 16.2. The Morgan fingerprint density at radius 3 is 2.42 bits per heavy atom. The van der Waals surface area contributed by atoms with Gasteiger partial charge in [0.25, 0.3) is 5.91 Å². The maximum atomic E-state index is 12.9. The number of nitrogens with zero attached hydrogens (tertiary/aromatic N) is 5. The van der Waals surface area contributed by atoms with Crippen molar-refractivity contribution in [2.45, 2.75) is 13.0 Å². The van der Waals surface area contributed by atoms with Gasteiger partial charge in [-0.1, -0.05) is 18.2 Å². The number of amides is 1. The average molecular weight is 349 g/mol. The number of carbonyl (C=O) groups excluding carboxylic acids is 1. The Morgan fingerprint density at radius 2 is 1.81 bits per heavy atom. The van der Waals surface area contributed by atoms with E-state index < -0.39 is 0 Å². The largest absolute Gasteiger partial charge is 0.378 e. The Morgan fingerprint density at radius 1 is 1.08 bits per heavy atom. The number of hydrogen-bond donors (Lipinski definition) is 0. The highest BCUT2D eigenvalue weighted by Crippen LogP contribution is 2.23. The molecule has 1 aromatic heterocycles. The molecular weight excluding hydrogens is 326 g/mol. The van der Waals surface area contributed by atoms with Crippen LogP contribution in [0.15, 0.2) is 61.2 Å². The van der Waals surface area contributed by atoms with Gasteiger partial charge in [0, 0.05) is 32.4 Å². The van der Waals surface area contributed by atoms with E-state index in [9.17, 15) is 4.79 Å². The number of rotatable bonds is 5.